The van der Waals surface area contributed by atoms with Crippen LogP contribution in [0.4, 0.5) is 0 Å². The number of alkyl halides is 1. The number of aliphatic hydroxyl groups excluding tert-OH is 1. The van der Waals surface area contributed by atoms with Crippen LogP contribution in [-0.2, 0) is 20.8 Å². The van der Waals surface area contributed by atoms with Gasteiger partial charge in [-0.2, -0.15) is 0 Å². The van der Waals surface area contributed by atoms with Crippen LogP contribution in [0.25, 0.3) is 0 Å². The van der Waals surface area contributed by atoms with Crippen molar-refractivity contribution < 1.29 is 24.6 Å². The van der Waals surface area contributed by atoms with Gasteiger partial charge in [0.2, 0.25) is 11.8 Å². The molecule has 2 N–H and O–H groups in total. The molecule has 7 nitrogen and oxygen atoms in total. The molecule has 200 valence electrons. The number of benzene rings is 1. The van der Waals surface area contributed by atoms with Gasteiger partial charge in [-0.3, -0.25) is 14.4 Å². The first kappa shape index (κ1) is 26.8. The van der Waals surface area contributed by atoms with E-state index >= 15 is 0 Å². The number of aliphatic hydroxyl groups is 1. The number of amides is 2. The molecule has 1 aromatic rings. The van der Waals surface area contributed by atoms with Gasteiger partial charge in [0.05, 0.1) is 29.2 Å². The Balaban J connectivity index is 1.58. The molecule has 2 amide bonds. The van der Waals surface area contributed by atoms with E-state index in [-0.39, 0.29) is 34.5 Å². The largest absolute Gasteiger partial charge is 0.481 e. The molecule has 37 heavy (non-hydrogen) atoms. The monoisotopic (exact) mass is 590 g/mol. The summed E-state index contributed by atoms with van der Waals surface area (Å²) in [6.07, 6.45) is 7.78. The Morgan fingerprint density at radius 3 is 2.57 bits per heavy atom. The standard InChI is InChI=1S/C28H35BrN2O5S/c1-2-13-30(18-11-7-4-8-12-18)26(34)24-28-15-20(29)23(37-28)21(27(35)36)22(28)25(33)31(24)19(16-32)14-17-9-5-3-6-10-17/h2-3,5-6,9-10,18-24,32H,1,4,7-8,11-16H2,(H,35,36)/t19-,20?,21+,22+,23+,24?,28?/m1/s1. The quantitative estimate of drug-likeness (QED) is 0.337. The molecule has 3 unspecified atom stereocenters. The number of likely N-dealkylation sites (tertiary alicyclic amines) is 1. The highest BCUT2D eigenvalue weighted by Gasteiger charge is 2.76. The van der Waals surface area contributed by atoms with E-state index in [4.69, 9.17) is 0 Å². The van der Waals surface area contributed by atoms with Crippen LogP contribution in [0.1, 0.15) is 44.1 Å². The molecule has 5 rings (SSSR count). The second-order valence-corrected chi connectivity index (χ2v) is 13.6. The third-order valence-electron chi connectivity index (χ3n) is 8.79. The lowest BCUT2D eigenvalue weighted by molar-refractivity contribution is -0.150. The number of carboxylic acids is 1. The number of hydrogen-bond acceptors (Lipinski definition) is 5. The fraction of sp³-hybridized carbons (Fsp3) is 0.607. The summed E-state index contributed by atoms with van der Waals surface area (Å²) < 4.78 is -0.839. The topological polar surface area (TPSA) is 98.2 Å². The summed E-state index contributed by atoms with van der Waals surface area (Å²) in [5.74, 6) is -3.09. The van der Waals surface area contributed by atoms with Crippen molar-refractivity contribution in [2.75, 3.05) is 13.2 Å². The van der Waals surface area contributed by atoms with E-state index in [1.165, 1.54) is 11.8 Å². The number of hydrogen-bond donors (Lipinski definition) is 2. The zero-order valence-corrected chi connectivity index (χ0v) is 23.3. The third kappa shape index (κ3) is 4.44. The van der Waals surface area contributed by atoms with Gasteiger partial charge in [0.25, 0.3) is 0 Å². The first-order valence-corrected chi connectivity index (χ1v) is 15.1. The molecule has 0 aromatic heterocycles. The Kier molecular flexibility index (Phi) is 7.76. The summed E-state index contributed by atoms with van der Waals surface area (Å²) in [5.41, 5.74) is 0.954. The highest BCUT2D eigenvalue weighted by molar-refractivity contribution is 9.09. The first-order chi connectivity index (χ1) is 17.8. The SMILES string of the molecule is C=CCN(C(=O)C1N([C@@H](CO)Cc2ccccc2)C(=O)[C@@H]2[C@H](C(=O)O)[C@H]3SC12CC3Br)C1CCCCC1. The number of aliphatic carboxylic acids is 1. The predicted molar refractivity (Wildman–Crippen MR) is 146 cm³/mol. The fourth-order valence-electron chi connectivity index (χ4n) is 7.27. The number of nitrogens with zero attached hydrogens (tertiary/aromatic N) is 2. The van der Waals surface area contributed by atoms with Crippen molar-refractivity contribution in [3.63, 3.8) is 0 Å². The molecule has 3 aliphatic heterocycles. The Morgan fingerprint density at radius 1 is 1.24 bits per heavy atom. The van der Waals surface area contributed by atoms with Gasteiger partial charge < -0.3 is 20.0 Å². The van der Waals surface area contributed by atoms with Gasteiger partial charge in [-0.25, -0.2) is 0 Å². The van der Waals surface area contributed by atoms with Gasteiger partial charge >= 0.3 is 5.97 Å². The lowest BCUT2D eigenvalue weighted by Gasteiger charge is -2.42. The molecular weight excluding hydrogens is 556 g/mol. The maximum Gasteiger partial charge on any atom is 0.308 e. The number of fused-ring (bicyclic) bond motifs is 1. The van der Waals surface area contributed by atoms with Crippen LogP contribution in [0.5, 0.6) is 0 Å². The summed E-state index contributed by atoms with van der Waals surface area (Å²) in [6.45, 7) is 3.98. The van der Waals surface area contributed by atoms with Gasteiger partial charge in [0, 0.05) is 22.7 Å². The average molecular weight is 592 g/mol. The molecule has 3 heterocycles. The van der Waals surface area contributed by atoms with Crippen LogP contribution in [-0.4, -0.2) is 83.9 Å². The highest BCUT2D eigenvalue weighted by atomic mass is 79.9. The average Bonchev–Trinajstić information content (AvgIpc) is 3.50. The molecule has 1 aromatic carbocycles. The molecular formula is C28H35BrN2O5S. The second kappa shape index (κ2) is 10.7. The summed E-state index contributed by atoms with van der Waals surface area (Å²) in [5, 5.41) is 20.5. The summed E-state index contributed by atoms with van der Waals surface area (Å²) >= 11 is 5.21. The molecule has 2 bridgehead atoms. The van der Waals surface area contributed by atoms with Gasteiger partial charge in [-0.05, 0) is 31.2 Å². The lowest BCUT2D eigenvalue weighted by atomic mass is 9.71. The highest BCUT2D eigenvalue weighted by Crippen LogP contribution is 2.68. The molecule has 4 fully saturated rings. The zero-order valence-electron chi connectivity index (χ0n) is 20.9. The van der Waals surface area contributed by atoms with E-state index in [9.17, 15) is 24.6 Å². The van der Waals surface area contributed by atoms with Crippen molar-refractivity contribution in [2.45, 2.75) is 77.9 Å². The van der Waals surface area contributed by atoms with Crippen molar-refractivity contribution in [3.8, 4) is 0 Å². The number of carbonyl (C=O) groups is 3. The molecule has 1 aliphatic carbocycles. The molecule has 1 spiro atoms. The van der Waals surface area contributed by atoms with Gasteiger partial charge in [-0.1, -0.05) is 71.6 Å². The minimum atomic E-state index is -0.992. The zero-order chi connectivity index (χ0) is 26.3. The first-order valence-electron chi connectivity index (χ1n) is 13.3. The van der Waals surface area contributed by atoms with Crippen molar-refractivity contribution in [1.29, 1.82) is 0 Å². The number of rotatable bonds is 9. The number of thioether (sulfide) groups is 1. The Bertz CT molecular complexity index is 1050. The number of halogens is 1. The van der Waals surface area contributed by atoms with E-state index in [1.54, 1.807) is 11.0 Å². The Hall–Kier alpha value is -1.84. The third-order valence-corrected chi connectivity index (χ3v) is 12.0. The van der Waals surface area contributed by atoms with E-state index in [0.717, 1.165) is 37.7 Å². The van der Waals surface area contributed by atoms with Gasteiger partial charge in [0.15, 0.2) is 0 Å². The van der Waals surface area contributed by atoms with Crippen LogP contribution in [0, 0.1) is 11.8 Å². The van der Waals surface area contributed by atoms with Crippen molar-refractivity contribution in [3.05, 3.63) is 48.6 Å². The van der Waals surface area contributed by atoms with Crippen molar-refractivity contribution in [2.24, 2.45) is 11.8 Å². The minimum Gasteiger partial charge on any atom is -0.481 e. The van der Waals surface area contributed by atoms with Crippen molar-refractivity contribution in [1.82, 2.24) is 9.80 Å². The summed E-state index contributed by atoms with van der Waals surface area (Å²) in [7, 11) is 0. The van der Waals surface area contributed by atoms with Crippen molar-refractivity contribution >= 4 is 45.5 Å². The maximum atomic E-state index is 14.6. The fourth-order valence-corrected chi connectivity index (χ4v) is 10.9. The minimum absolute atomic E-state index is 0.0759. The van der Waals surface area contributed by atoms with Crippen LogP contribution < -0.4 is 0 Å². The van der Waals surface area contributed by atoms with Crippen LogP contribution >= 0.6 is 27.7 Å². The van der Waals surface area contributed by atoms with E-state index in [1.807, 2.05) is 35.2 Å². The molecule has 7 atom stereocenters. The molecule has 0 radical (unpaired) electrons. The van der Waals surface area contributed by atoms with Crippen LogP contribution in [0.2, 0.25) is 0 Å². The summed E-state index contributed by atoms with van der Waals surface area (Å²) in [4.78, 5) is 44.6. The van der Waals surface area contributed by atoms with Gasteiger partial charge in [-0.15, -0.1) is 18.3 Å². The number of carboxylic acid groups (broad SMARTS) is 1. The number of carbonyl (C=O) groups excluding carboxylic acids is 2. The van der Waals surface area contributed by atoms with Gasteiger partial charge in [0.1, 0.15) is 6.04 Å². The lowest BCUT2D eigenvalue weighted by Crippen LogP contribution is -2.59. The Morgan fingerprint density at radius 2 is 1.95 bits per heavy atom. The van der Waals surface area contributed by atoms with Crippen LogP contribution in [0.15, 0.2) is 43.0 Å². The molecule has 9 heteroatoms. The predicted octanol–water partition coefficient (Wildman–Crippen LogP) is 3.49. The van der Waals surface area contributed by atoms with E-state index in [2.05, 4.69) is 22.5 Å². The Labute approximate surface area is 230 Å². The second-order valence-electron chi connectivity index (χ2n) is 10.8. The molecule has 4 aliphatic rings. The molecule has 1 saturated carbocycles. The molecule has 3 saturated heterocycles. The maximum absolute atomic E-state index is 14.6. The van der Waals surface area contributed by atoms with E-state index in [0.29, 0.717) is 19.4 Å². The summed E-state index contributed by atoms with van der Waals surface area (Å²) in [6, 6.07) is 8.25. The van der Waals surface area contributed by atoms with E-state index < -0.39 is 34.6 Å². The smallest absolute Gasteiger partial charge is 0.308 e. The normalized spacial score (nSPS) is 33.8. The van der Waals surface area contributed by atoms with Crippen LogP contribution in [0.3, 0.4) is 0 Å².